The van der Waals surface area contributed by atoms with Gasteiger partial charge in [-0.15, -0.1) is 0 Å². The van der Waals surface area contributed by atoms with Crippen molar-refractivity contribution < 1.29 is 61.4 Å². The maximum atomic E-state index is 10.4. The van der Waals surface area contributed by atoms with Crippen LogP contribution in [-0.2, 0) is 0 Å². The van der Waals surface area contributed by atoms with E-state index >= 15 is 0 Å². The van der Waals surface area contributed by atoms with E-state index in [1.165, 1.54) is 14.1 Å². The molecule has 0 aliphatic rings. The van der Waals surface area contributed by atoms with Crippen molar-refractivity contribution in [3.05, 3.63) is 22.2 Å². The molecule has 0 aromatic heterocycles. The van der Waals surface area contributed by atoms with E-state index < -0.39 is 10.8 Å². The van der Waals surface area contributed by atoms with Gasteiger partial charge in [0.2, 0.25) is 6.20 Å². The fraction of sp³-hybridized carbons (Fsp3) is 0.500. The van der Waals surface area contributed by atoms with Crippen LogP contribution in [0.4, 0.5) is 0 Å². The first-order valence-electron chi connectivity index (χ1n) is 2.23. The van der Waals surface area contributed by atoms with E-state index in [4.69, 9.17) is 0 Å². The third-order valence-corrected chi connectivity index (χ3v) is 0.657. The molecule has 0 aromatic rings. The zero-order valence-corrected chi connectivity index (χ0v) is 9.32. The van der Waals surface area contributed by atoms with Crippen molar-refractivity contribution in [2.75, 3.05) is 14.1 Å². The average molecular weight is 170 g/mol. The van der Waals surface area contributed by atoms with Crippen molar-refractivity contribution in [3.63, 3.8) is 0 Å². The Morgan fingerprint density at radius 2 is 2.00 bits per heavy atom. The largest absolute Gasteiger partial charge is 1.00 e. The summed E-state index contributed by atoms with van der Waals surface area (Å²) in [5, 5.41) is 20.0. The molecular formula is C4H7KN2O3. The molecule has 0 rings (SSSR count). The number of hydrogen-bond donors (Lipinski definition) is 0. The minimum atomic E-state index is -0.775. The molecule has 0 atom stereocenters. The van der Waals surface area contributed by atoms with Crippen LogP contribution in [-0.4, -0.2) is 23.9 Å². The van der Waals surface area contributed by atoms with Gasteiger partial charge in [-0.05, 0) is 0 Å². The Morgan fingerprint density at radius 3 is 2.10 bits per heavy atom. The van der Waals surface area contributed by atoms with Crippen molar-refractivity contribution in [1.82, 2.24) is 4.90 Å². The number of hydrogen-bond acceptors (Lipinski definition) is 4. The van der Waals surface area contributed by atoms with Gasteiger partial charge in [-0.2, -0.15) is 0 Å². The fourth-order valence-corrected chi connectivity index (χ4v) is 0.206. The molecule has 0 aliphatic carbocycles. The van der Waals surface area contributed by atoms with Crippen LogP contribution in [0.15, 0.2) is 12.1 Å². The molecule has 0 heterocycles. The molecule has 0 N–H and O–H groups in total. The predicted molar refractivity (Wildman–Crippen MR) is 28.8 cm³/mol. The summed E-state index contributed by atoms with van der Waals surface area (Å²) in [6.45, 7) is 0. The van der Waals surface area contributed by atoms with Crippen LogP contribution in [0.1, 0.15) is 0 Å². The maximum Gasteiger partial charge on any atom is 1.00 e. The second kappa shape index (κ2) is 6.11. The summed E-state index contributed by atoms with van der Waals surface area (Å²) in [5.74, 6) is -0.611. The van der Waals surface area contributed by atoms with Gasteiger partial charge in [-0.3, -0.25) is 10.1 Å². The van der Waals surface area contributed by atoms with E-state index in [1.54, 1.807) is 0 Å². The molecule has 0 amide bonds. The van der Waals surface area contributed by atoms with Gasteiger partial charge in [0.25, 0.3) is 0 Å². The first kappa shape index (κ1) is 13.0. The summed E-state index contributed by atoms with van der Waals surface area (Å²) < 4.78 is 0. The van der Waals surface area contributed by atoms with E-state index in [1.807, 2.05) is 0 Å². The van der Waals surface area contributed by atoms with E-state index in [0.717, 1.165) is 4.90 Å². The number of rotatable bonds is 2. The Hall–Kier alpha value is 0.376. The summed E-state index contributed by atoms with van der Waals surface area (Å²) in [6.07, 6.45) is 0.417. The van der Waals surface area contributed by atoms with Crippen LogP contribution < -0.4 is 56.5 Å². The van der Waals surface area contributed by atoms with Gasteiger partial charge in [0.05, 0.1) is 4.92 Å². The summed E-state index contributed by atoms with van der Waals surface area (Å²) >= 11 is 0. The smallest absolute Gasteiger partial charge is 0.856 e. The van der Waals surface area contributed by atoms with E-state index in [2.05, 4.69) is 0 Å². The van der Waals surface area contributed by atoms with Crippen LogP contribution >= 0.6 is 0 Å². The predicted octanol–water partition coefficient (Wildman–Crippen LogP) is -4.01. The van der Waals surface area contributed by atoms with Crippen molar-refractivity contribution in [1.29, 1.82) is 0 Å². The Balaban J connectivity index is 0. The average Bonchev–Trinajstić information content (AvgIpc) is 1.63. The monoisotopic (exact) mass is 170 g/mol. The van der Waals surface area contributed by atoms with Gasteiger partial charge >= 0.3 is 51.4 Å². The molecule has 0 aromatic carbocycles. The fourth-order valence-electron chi connectivity index (χ4n) is 0.206. The van der Waals surface area contributed by atoms with Crippen molar-refractivity contribution in [3.8, 4) is 0 Å². The topological polar surface area (TPSA) is 69.4 Å². The van der Waals surface area contributed by atoms with Gasteiger partial charge in [-0.25, -0.2) is 0 Å². The van der Waals surface area contributed by atoms with Crippen LogP contribution in [0, 0.1) is 10.1 Å². The summed E-state index contributed by atoms with van der Waals surface area (Å²) in [5.41, 5.74) is 0. The van der Waals surface area contributed by atoms with E-state index in [9.17, 15) is 15.2 Å². The summed E-state index contributed by atoms with van der Waals surface area (Å²) in [4.78, 5) is 9.97. The van der Waals surface area contributed by atoms with Gasteiger partial charge in [0.15, 0.2) is 0 Å². The summed E-state index contributed by atoms with van der Waals surface area (Å²) in [6, 6.07) is 0. The standard InChI is InChI=1S/C4H8N2O3.K/c1-5(2)4(7)3-6(8)9;/h3,7H,1-2H3;/q;+1/p-1/b4-3-;. The molecule has 52 valence electrons. The number of nitro groups is 1. The molecule has 6 heteroatoms. The third-order valence-electron chi connectivity index (χ3n) is 0.657. The molecule has 0 unspecified atom stereocenters. The Morgan fingerprint density at radius 1 is 1.60 bits per heavy atom. The summed E-state index contributed by atoms with van der Waals surface area (Å²) in [7, 11) is 2.89. The minimum Gasteiger partial charge on any atom is -0.856 e. The molecule has 10 heavy (non-hydrogen) atoms. The molecule has 5 nitrogen and oxygen atoms in total. The van der Waals surface area contributed by atoms with Crippen LogP contribution in [0.5, 0.6) is 0 Å². The molecule has 0 saturated heterocycles. The van der Waals surface area contributed by atoms with Gasteiger partial charge < -0.3 is 10.0 Å². The molecule has 0 fully saturated rings. The van der Waals surface area contributed by atoms with Crippen LogP contribution in [0.3, 0.4) is 0 Å². The van der Waals surface area contributed by atoms with Gasteiger partial charge in [-0.1, -0.05) is 0 Å². The maximum absolute atomic E-state index is 10.4. The second-order valence-corrected chi connectivity index (χ2v) is 1.65. The second-order valence-electron chi connectivity index (χ2n) is 1.65. The molecular weight excluding hydrogens is 163 g/mol. The zero-order valence-electron chi connectivity index (χ0n) is 6.20. The molecule has 0 bridgehead atoms. The SMILES string of the molecule is CN(C)/C([O-])=C/[N+](=O)[O-].[K+]. The minimum absolute atomic E-state index is 0. The van der Waals surface area contributed by atoms with Crippen molar-refractivity contribution >= 4 is 0 Å². The quantitative estimate of drug-likeness (QED) is 0.183. The van der Waals surface area contributed by atoms with E-state index in [-0.39, 0.29) is 51.4 Å². The van der Waals surface area contributed by atoms with Crippen molar-refractivity contribution in [2.45, 2.75) is 0 Å². The first-order valence-corrected chi connectivity index (χ1v) is 2.23. The Kier molecular flexibility index (Phi) is 7.94. The molecule has 0 saturated carbocycles. The molecule has 0 radical (unpaired) electrons. The van der Waals surface area contributed by atoms with Gasteiger partial charge in [0, 0.05) is 20.0 Å². The number of nitrogens with zero attached hydrogens (tertiary/aromatic N) is 2. The van der Waals surface area contributed by atoms with Gasteiger partial charge in [0.1, 0.15) is 0 Å². The molecule has 0 spiro atoms. The van der Waals surface area contributed by atoms with Crippen LogP contribution in [0.25, 0.3) is 0 Å². The van der Waals surface area contributed by atoms with E-state index in [0.29, 0.717) is 6.20 Å². The molecule has 0 aliphatic heterocycles. The normalized spacial score (nSPS) is 10.0. The third kappa shape index (κ3) is 6.50. The van der Waals surface area contributed by atoms with Crippen molar-refractivity contribution in [2.24, 2.45) is 0 Å². The Labute approximate surface area is 101 Å². The van der Waals surface area contributed by atoms with Crippen LogP contribution in [0.2, 0.25) is 0 Å². The Bertz CT molecular complexity index is 145. The zero-order chi connectivity index (χ0) is 7.44. The first-order chi connectivity index (χ1) is 4.04.